The number of esters is 1. The van der Waals surface area contributed by atoms with Crippen LogP contribution in [0.2, 0.25) is 0 Å². The molecule has 1 fully saturated rings. The molecule has 0 atom stereocenters. The Labute approximate surface area is 142 Å². The van der Waals surface area contributed by atoms with Gasteiger partial charge in [-0.2, -0.15) is 0 Å². The van der Waals surface area contributed by atoms with Crippen molar-refractivity contribution in [2.45, 2.75) is 6.92 Å². The quantitative estimate of drug-likeness (QED) is 0.630. The standard InChI is InChI=1S/C17H25N3O4/c1-3-24-15-7-5-4-6-14(15)20-10-8-19(9-11-20)13-16(21)18-12-17(22)23-2/h4-7H,3,8-13H2,1-2H3,(H,18,21)/p+1. The van der Waals surface area contributed by atoms with Gasteiger partial charge in [-0.15, -0.1) is 0 Å². The molecule has 0 unspecified atom stereocenters. The number of hydrogen-bond donors (Lipinski definition) is 2. The molecule has 1 aliphatic rings. The SMILES string of the molecule is CCOc1ccccc1N1CC[NH+](CC(=O)NCC(=O)OC)CC1. The van der Waals surface area contributed by atoms with Crippen LogP contribution < -0.4 is 19.9 Å². The number of benzene rings is 1. The van der Waals surface area contributed by atoms with Gasteiger partial charge < -0.3 is 24.6 Å². The minimum atomic E-state index is -0.435. The lowest BCUT2D eigenvalue weighted by molar-refractivity contribution is -0.892. The largest absolute Gasteiger partial charge is 0.492 e. The molecule has 24 heavy (non-hydrogen) atoms. The second-order valence-corrected chi connectivity index (χ2v) is 5.67. The number of quaternary nitrogens is 1. The highest BCUT2D eigenvalue weighted by Gasteiger charge is 2.24. The van der Waals surface area contributed by atoms with Crippen molar-refractivity contribution in [1.29, 1.82) is 0 Å². The molecule has 1 saturated heterocycles. The summed E-state index contributed by atoms with van der Waals surface area (Å²) in [6, 6.07) is 8.04. The van der Waals surface area contributed by atoms with E-state index >= 15 is 0 Å². The Hall–Kier alpha value is -2.28. The lowest BCUT2D eigenvalue weighted by atomic mass is 10.2. The summed E-state index contributed by atoms with van der Waals surface area (Å²) in [6.07, 6.45) is 0. The van der Waals surface area contributed by atoms with E-state index < -0.39 is 5.97 Å². The molecule has 2 rings (SSSR count). The van der Waals surface area contributed by atoms with Crippen LogP contribution in [0.3, 0.4) is 0 Å². The van der Waals surface area contributed by atoms with Gasteiger partial charge in [0.2, 0.25) is 0 Å². The molecule has 0 saturated carbocycles. The number of carbonyl (C=O) groups is 2. The van der Waals surface area contributed by atoms with Crippen LogP contribution in [0.1, 0.15) is 6.92 Å². The van der Waals surface area contributed by atoms with Crippen molar-refractivity contribution in [2.75, 3.05) is 57.9 Å². The Morgan fingerprint density at radius 3 is 2.62 bits per heavy atom. The number of carbonyl (C=O) groups excluding carboxylic acids is 2. The first kappa shape index (κ1) is 18.1. The van der Waals surface area contributed by atoms with E-state index in [4.69, 9.17) is 4.74 Å². The second-order valence-electron chi connectivity index (χ2n) is 5.67. The predicted molar refractivity (Wildman–Crippen MR) is 90.4 cm³/mol. The lowest BCUT2D eigenvalue weighted by Gasteiger charge is -2.34. The summed E-state index contributed by atoms with van der Waals surface area (Å²) in [4.78, 5) is 26.4. The van der Waals surface area contributed by atoms with Gasteiger partial charge in [0.25, 0.3) is 5.91 Å². The molecule has 0 radical (unpaired) electrons. The molecule has 1 aromatic carbocycles. The molecule has 0 aromatic heterocycles. The van der Waals surface area contributed by atoms with Gasteiger partial charge in [-0.05, 0) is 19.1 Å². The number of hydrogen-bond acceptors (Lipinski definition) is 5. The van der Waals surface area contributed by atoms with Gasteiger partial charge in [-0.3, -0.25) is 9.59 Å². The number of para-hydroxylation sites is 2. The maximum Gasteiger partial charge on any atom is 0.325 e. The van der Waals surface area contributed by atoms with E-state index in [0.29, 0.717) is 13.2 Å². The zero-order chi connectivity index (χ0) is 17.4. The zero-order valence-electron chi connectivity index (χ0n) is 14.3. The van der Waals surface area contributed by atoms with E-state index in [1.54, 1.807) is 0 Å². The van der Waals surface area contributed by atoms with Gasteiger partial charge >= 0.3 is 5.97 Å². The number of amides is 1. The normalized spacial score (nSPS) is 15.0. The highest BCUT2D eigenvalue weighted by molar-refractivity contribution is 5.82. The summed E-state index contributed by atoms with van der Waals surface area (Å²) in [5.74, 6) is 0.341. The van der Waals surface area contributed by atoms with Crippen LogP contribution in [0.4, 0.5) is 5.69 Å². The van der Waals surface area contributed by atoms with Crippen molar-refractivity contribution in [3.63, 3.8) is 0 Å². The Balaban J connectivity index is 1.81. The lowest BCUT2D eigenvalue weighted by Crippen LogP contribution is -3.16. The van der Waals surface area contributed by atoms with Gasteiger partial charge in [0.05, 0.1) is 45.6 Å². The molecule has 0 aliphatic carbocycles. The summed E-state index contributed by atoms with van der Waals surface area (Å²) in [5, 5.41) is 2.58. The van der Waals surface area contributed by atoms with Crippen molar-refractivity contribution in [1.82, 2.24) is 5.32 Å². The predicted octanol–water partition coefficient (Wildman–Crippen LogP) is -0.921. The third-order valence-corrected chi connectivity index (χ3v) is 4.04. The summed E-state index contributed by atoms with van der Waals surface area (Å²) in [5.41, 5.74) is 1.11. The molecule has 7 heteroatoms. The third-order valence-electron chi connectivity index (χ3n) is 4.04. The number of rotatable bonds is 7. The van der Waals surface area contributed by atoms with E-state index in [2.05, 4.69) is 21.0 Å². The number of nitrogens with one attached hydrogen (secondary N) is 2. The van der Waals surface area contributed by atoms with Gasteiger partial charge in [0, 0.05) is 0 Å². The van der Waals surface area contributed by atoms with Crippen LogP contribution >= 0.6 is 0 Å². The maximum absolute atomic E-state index is 11.8. The first-order valence-electron chi connectivity index (χ1n) is 8.28. The Morgan fingerprint density at radius 2 is 1.96 bits per heavy atom. The molecule has 7 nitrogen and oxygen atoms in total. The van der Waals surface area contributed by atoms with Crippen LogP contribution in [0.5, 0.6) is 5.75 Å². The smallest absolute Gasteiger partial charge is 0.325 e. The molecule has 1 aromatic rings. The van der Waals surface area contributed by atoms with Crippen LogP contribution in [0.15, 0.2) is 24.3 Å². The van der Waals surface area contributed by atoms with Crippen LogP contribution in [-0.4, -0.2) is 64.9 Å². The van der Waals surface area contributed by atoms with Crippen LogP contribution in [-0.2, 0) is 14.3 Å². The molecule has 1 amide bonds. The topological polar surface area (TPSA) is 72.3 Å². The van der Waals surface area contributed by atoms with E-state index in [-0.39, 0.29) is 12.5 Å². The van der Waals surface area contributed by atoms with Crippen molar-refractivity contribution in [3.8, 4) is 5.75 Å². The van der Waals surface area contributed by atoms with Gasteiger partial charge in [0.1, 0.15) is 12.3 Å². The molecular formula is C17H26N3O4+. The average Bonchev–Trinajstić information content (AvgIpc) is 2.61. The summed E-state index contributed by atoms with van der Waals surface area (Å²) in [7, 11) is 1.30. The monoisotopic (exact) mass is 336 g/mol. The number of piperazine rings is 1. The first-order chi connectivity index (χ1) is 11.6. The van der Waals surface area contributed by atoms with Gasteiger partial charge in [-0.25, -0.2) is 0 Å². The summed E-state index contributed by atoms with van der Waals surface area (Å²) in [6.45, 7) is 6.38. The first-order valence-corrected chi connectivity index (χ1v) is 8.28. The molecule has 2 N–H and O–H groups in total. The zero-order valence-corrected chi connectivity index (χ0v) is 14.3. The number of methoxy groups -OCH3 is 1. The van der Waals surface area contributed by atoms with E-state index in [1.165, 1.54) is 12.0 Å². The van der Waals surface area contributed by atoms with E-state index in [1.807, 2.05) is 25.1 Å². The number of ether oxygens (including phenoxy) is 2. The third kappa shape index (κ3) is 5.13. The van der Waals surface area contributed by atoms with Crippen molar-refractivity contribution in [3.05, 3.63) is 24.3 Å². The van der Waals surface area contributed by atoms with Gasteiger partial charge in [-0.1, -0.05) is 12.1 Å². The van der Waals surface area contributed by atoms with Crippen LogP contribution in [0.25, 0.3) is 0 Å². The van der Waals surface area contributed by atoms with E-state index in [9.17, 15) is 9.59 Å². The van der Waals surface area contributed by atoms with Crippen LogP contribution in [0, 0.1) is 0 Å². The molecule has 0 bridgehead atoms. The highest BCUT2D eigenvalue weighted by atomic mass is 16.5. The molecule has 0 spiro atoms. The molecular weight excluding hydrogens is 310 g/mol. The van der Waals surface area contributed by atoms with E-state index in [0.717, 1.165) is 37.6 Å². The minimum absolute atomic E-state index is 0.0729. The number of anilines is 1. The Morgan fingerprint density at radius 1 is 1.25 bits per heavy atom. The molecule has 1 aliphatic heterocycles. The minimum Gasteiger partial charge on any atom is -0.492 e. The Kier molecular flexibility index (Phi) is 6.87. The maximum atomic E-state index is 11.8. The summed E-state index contributed by atoms with van der Waals surface area (Å²) >= 11 is 0. The number of nitrogens with zero attached hydrogens (tertiary/aromatic N) is 1. The summed E-state index contributed by atoms with van der Waals surface area (Å²) < 4.78 is 10.2. The van der Waals surface area contributed by atoms with Crippen molar-refractivity contribution < 1.29 is 24.0 Å². The highest BCUT2D eigenvalue weighted by Crippen LogP contribution is 2.27. The fourth-order valence-electron chi connectivity index (χ4n) is 2.77. The fraction of sp³-hybridized carbons (Fsp3) is 0.529. The van der Waals surface area contributed by atoms with Gasteiger partial charge in [0.15, 0.2) is 6.54 Å². The fourth-order valence-corrected chi connectivity index (χ4v) is 2.77. The molecule has 132 valence electrons. The molecule has 1 heterocycles. The second kappa shape index (κ2) is 9.12. The van der Waals surface area contributed by atoms with Crippen molar-refractivity contribution >= 4 is 17.6 Å². The van der Waals surface area contributed by atoms with Crippen molar-refractivity contribution in [2.24, 2.45) is 0 Å². The Bertz CT molecular complexity index is 557. The average molecular weight is 336 g/mol.